The predicted molar refractivity (Wildman–Crippen MR) is 113 cm³/mol. The standard InChI is InChI=1S/C21H15Cl2N3O3/c22-15-4-2-1-3-13(15)21(14-7-5-11(19(24)27)9-16(14)23)25-17-8-6-12(20(28)29)10-18(17)26-21/h1-10,25-26H,(H2,24,27)(H,28,29). The number of carboxylic acids is 1. The van der Waals surface area contributed by atoms with Crippen LogP contribution in [0.15, 0.2) is 60.7 Å². The van der Waals surface area contributed by atoms with E-state index in [0.29, 0.717) is 32.5 Å². The first-order valence-electron chi connectivity index (χ1n) is 8.60. The number of carbonyl (C=O) groups excluding carboxylic acids is 1. The van der Waals surface area contributed by atoms with Crippen LogP contribution in [0.1, 0.15) is 31.8 Å². The van der Waals surface area contributed by atoms with Gasteiger partial charge >= 0.3 is 5.97 Å². The van der Waals surface area contributed by atoms with Crippen molar-refractivity contribution in [2.75, 3.05) is 10.6 Å². The molecule has 1 aliphatic heterocycles. The minimum Gasteiger partial charge on any atom is -0.478 e. The number of hydrogen-bond donors (Lipinski definition) is 4. The first kappa shape index (κ1) is 19.1. The number of carboxylic acid groups (broad SMARTS) is 1. The molecule has 8 heteroatoms. The fourth-order valence-corrected chi connectivity index (χ4v) is 4.08. The number of primary amides is 1. The molecule has 1 heterocycles. The van der Waals surface area contributed by atoms with Crippen molar-refractivity contribution in [1.29, 1.82) is 0 Å². The number of nitrogens with one attached hydrogen (secondary N) is 2. The Morgan fingerprint density at radius 1 is 0.828 bits per heavy atom. The van der Waals surface area contributed by atoms with Crippen LogP contribution in [-0.2, 0) is 5.66 Å². The fraction of sp³-hybridized carbons (Fsp3) is 0.0476. The van der Waals surface area contributed by atoms with Gasteiger partial charge in [0.25, 0.3) is 0 Å². The lowest BCUT2D eigenvalue weighted by atomic mass is 9.90. The summed E-state index contributed by atoms with van der Waals surface area (Å²) in [6.07, 6.45) is 0. The Hall–Kier alpha value is -3.22. The largest absolute Gasteiger partial charge is 0.478 e. The number of amides is 1. The number of hydrogen-bond acceptors (Lipinski definition) is 4. The molecule has 1 atom stereocenters. The smallest absolute Gasteiger partial charge is 0.335 e. The van der Waals surface area contributed by atoms with E-state index in [9.17, 15) is 14.7 Å². The van der Waals surface area contributed by atoms with Gasteiger partial charge in [-0.3, -0.25) is 4.79 Å². The summed E-state index contributed by atoms with van der Waals surface area (Å²) in [7, 11) is 0. The lowest BCUT2D eigenvalue weighted by molar-refractivity contribution is 0.0696. The van der Waals surface area contributed by atoms with Crippen LogP contribution < -0.4 is 16.4 Å². The number of anilines is 2. The molecule has 29 heavy (non-hydrogen) atoms. The summed E-state index contributed by atoms with van der Waals surface area (Å²) in [6.45, 7) is 0. The van der Waals surface area contributed by atoms with Gasteiger partial charge in [-0.15, -0.1) is 0 Å². The molecular formula is C21H15Cl2N3O3. The van der Waals surface area contributed by atoms with Crippen molar-refractivity contribution < 1.29 is 14.7 Å². The van der Waals surface area contributed by atoms with Crippen LogP contribution in [0, 0.1) is 0 Å². The van der Waals surface area contributed by atoms with Crippen LogP contribution in [0.2, 0.25) is 10.0 Å². The van der Waals surface area contributed by atoms with Crippen molar-refractivity contribution in [3.8, 4) is 0 Å². The second-order valence-electron chi connectivity index (χ2n) is 6.60. The monoisotopic (exact) mass is 427 g/mol. The van der Waals surface area contributed by atoms with E-state index in [-0.39, 0.29) is 11.1 Å². The van der Waals surface area contributed by atoms with Crippen LogP contribution in [0.25, 0.3) is 0 Å². The summed E-state index contributed by atoms with van der Waals surface area (Å²) < 4.78 is 0. The van der Waals surface area contributed by atoms with Gasteiger partial charge in [0.2, 0.25) is 5.91 Å². The summed E-state index contributed by atoms with van der Waals surface area (Å²) in [5.74, 6) is -1.62. The number of nitrogens with two attached hydrogens (primary N) is 1. The van der Waals surface area contributed by atoms with Gasteiger partial charge in [0, 0.05) is 26.7 Å². The van der Waals surface area contributed by atoms with Gasteiger partial charge in [-0.25, -0.2) is 4.79 Å². The van der Waals surface area contributed by atoms with Gasteiger partial charge in [0.15, 0.2) is 5.66 Å². The Labute approximate surface area is 176 Å². The molecule has 3 aromatic rings. The molecule has 0 saturated heterocycles. The summed E-state index contributed by atoms with van der Waals surface area (Å²) in [6, 6.07) is 16.7. The van der Waals surface area contributed by atoms with Gasteiger partial charge in [-0.1, -0.05) is 47.5 Å². The maximum absolute atomic E-state index is 11.5. The number of benzene rings is 3. The number of aromatic carboxylic acids is 1. The molecule has 6 nitrogen and oxygen atoms in total. The van der Waals surface area contributed by atoms with Crippen molar-refractivity contribution in [1.82, 2.24) is 0 Å². The molecule has 0 saturated carbocycles. The first-order valence-corrected chi connectivity index (χ1v) is 9.36. The molecule has 0 fully saturated rings. The molecule has 3 aromatic carbocycles. The van der Waals surface area contributed by atoms with Crippen molar-refractivity contribution in [2.24, 2.45) is 5.73 Å². The third-order valence-corrected chi connectivity index (χ3v) is 5.49. The Kier molecular flexibility index (Phi) is 4.61. The summed E-state index contributed by atoms with van der Waals surface area (Å²) >= 11 is 13.1. The lowest BCUT2D eigenvalue weighted by Gasteiger charge is -2.33. The lowest BCUT2D eigenvalue weighted by Crippen LogP contribution is -2.40. The maximum atomic E-state index is 11.5. The topological polar surface area (TPSA) is 104 Å². The summed E-state index contributed by atoms with van der Waals surface area (Å²) in [4.78, 5) is 22.9. The molecule has 1 unspecified atom stereocenters. The Balaban J connectivity index is 1.93. The zero-order valence-corrected chi connectivity index (χ0v) is 16.4. The predicted octanol–water partition coefficient (Wildman–Crippen LogP) is 4.53. The van der Waals surface area contributed by atoms with E-state index in [1.807, 2.05) is 18.2 Å². The fourth-order valence-electron chi connectivity index (χ4n) is 3.48. The molecular weight excluding hydrogens is 413 g/mol. The van der Waals surface area contributed by atoms with E-state index in [0.717, 1.165) is 0 Å². The van der Waals surface area contributed by atoms with Crippen molar-refractivity contribution >= 4 is 46.5 Å². The van der Waals surface area contributed by atoms with E-state index in [1.54, 1.807) is 24.3 Å². The Morgan fingerprint density at radius 3 is 2.14 bits per heavy atom. The van der Waals surface area contributed by atoms with Crippen LogP contribution in [0.3, 0.4) is 0 Å². The second-order valence-corrected chi connectivity index (χ2v) is 7.42. The maximum Gasteiger partial charge on any atom is 0.335 e. The van der Waals surface area contributed by atoms with Crippen LogP contribution in [-0.4, -0.2) is 17.0 Å². The highest BCUT2D eigenvalue weighted by atomic mass is 35.5. The van der Waals surface area contributed by atoms with E-state index >= 15 is 0 Å². The summed E-state index contributed by atoms with van der Waals surface area (Å²) in [5.41, 5.74) is 7.26. The average molecular weight is 428 g/mol. The zero-order chi connectivity index (χ0) is 20.8. The number of carbonyl (C=O) groups is 2. The molecule has 1 aliphatic rings. The molecule has 4 rings (SSSR count). The molecule has 0 radical (unpaired) electrons. The normalized spacial score (nSPS) is 17.2. The Morgan fingerprint density at radius 2 is 1.48 bits per heavy atom. The SMILES string of the molecule is NC(=O)c1ccc(C2(c3ccccc3Cl)Nc3ccc(C(=O)O)cc3N2)c(Cl)c1. The van der Waals surface area contributed by atoms with E-state index in [1.165, 1.54) is 18.2 Å². The molecule has 0 aromatic heterocycles. The van der Waals surface area contributed by atoms with E-state index < -0.39 is 17.5 Å². The summed E-state index contributed by atoms with van der Waals surface area (Å²) in [5, 5.41) is 16.8. The highest BCUT2D eigenvalue weighted by Gasteiger charge is 2.43. The molecule has 0 spiro atoms. The quantitative estimate of drug-likeness (QED) is 0.489. The van der Waals surface area contributed by atoms with Gasteiger partial charge in [-0.05, 0) is 36.4 Å². The molecule has 1 amide bonds. The van der Waals surface area contributed by atoms with Crippen LogP contribution >= 0.6 is 23.2 Å². The third kappa shape index (κ3) is 3.16. The van der Waals surface area contributed by atoms with E-state index in [2.05, 4.69) is 10.6 Å². The molecule has 146 valence electrons. The van der Waals surface area contributed by atoms with Crippen molar-refractivity contribution in [3.05, 3.63) is 93.0 Å². The third-order valence-electron chi connectivity index (χ3n) is 4.85. The van der Waals surface area contributed by atoms with Crippen LogP contribution in [0.4, 0.5) is 11.4 Å². The number of rotatable bonds is 4. The number of halogens is 2. The molecule has 0 aliphatic carbocycles. The zero-order valence-electron chi connectivity index (χ0n) is 14.9. The van der Waals surface area contributed by atoms with Gasteiger partial charge in [-0.2, -0.15) is 0 Å². The molecule has 0 bridgehead atoms. The average Bonchev–Trinajstić information content (AvgIpc) is 3.07. The molecule has 5 N–H and O–H groups in total. The van der Waals surface area contributed by atoms with Gasteiger partial charge in [0.05, 0.1) is 16.9 Å². The van der Waals surface area contributed by atoms with Gasteiger partial charge < -0.3 is 21.5 Å². The number of fused-ring (bicyclic) bond motifs is 1. The van der Waals surface area contributed by atoms with Crippen LogP contribution in [0.5, 0.6) is 0 Å². The Bertz CT molecular complexity index is 1170. The first-order chi connectivity index (χ1) is 13.8. The minimum absolute atomic E-state index is 0.142. The van der Waals surface area contributed by atoms with Crippen molar-refractivity contribution in [3.63, 3.8) is 0 Å². The second kappa shape index (κ2) is 6.99. The van der Waals surface area contributed by atoms with E-state index in [4.69, 9.17) is 28.9 Å². The van der Waals surface area contributed by atoms with Crippen molar-refractivity contribution in [2.45, 2.75) is 5.66 Å². The minimum atomic E-state index is -1.08. The highest BCUT2D eigenvalue weighted by molar-refractivity contribution is 6.33. The highest BCUT2D eigenvalue weighted by Crippen LogP contribution is 2.47. The van der Waals surface area contributed by atoms with Gasteiger partial charge in [0.1, 0.15) is 0 Å².